The normalized spacial score (nSPS) is 28.0. The van der Waals surface area contributed by atoms with Gasteiger partial charge in [0.1, 0.15) is 0 Å². The van der Waals surface area contributed by atoms with Crippen LogP contribution in [0.25, 0.3) is 0 Å². The van der Waals surface area contributed by atoms with E-state index in [1.54, 1.807) is 0 Å². The zero-order valence-corrected chi connectivity index (χ0v) is 12.3. The molecule has 1 heterocycles. The van der Waals surface area contributed by atoms with Crippen LogP contribution in [0.3, 0.4) is 0 Å². The second kappa shape index (κ2) is 7.46. The van der Waals surface area contributed by atoms with Crippen LogP contribution in [0.4, 0.5) is 0 Å². The predicted molar refractivity (Wildman–Crippen MR) is 78.0 cm³/mol. The molecule has 2 fully saturated rings. The Morgan fingerprint density at radius 2 is 1.94 bits per heavy atom. The zero-order valence-electron chi connectivity index (χ0n) is 12.3. The number of hydrogen-bond acceptors (Lipinski definition) is 3. The maximum absolute atomic E-state index is 3.72. The van der Waals surface area contributed by atoms with Crippen LogP contribution in [-0.4, -0.2) is 61.7 Å². The van der Waals surface area contributed by atoms with E-state index in [-0.39, 0.29) is 0 Å². The molecule has 0 aromatic carbocycles. The van der Waals surface area contributed by atoms with Gasteiger partial charge >= 0.3 is 0 Å². The van der Waals surface area contributed by atoms with Crippen molar-refractivity contribution in [3.8, 4) is 0 Å². The highest BCUT2D eigenvalue weighted by Gasteiger charge is 2.22. The van der Waals surface area contributed by atoms with Crippen molar-refractivity contribution in [2.75, 3.05) is 39.8 Å². The Balaban J connectivity index is 1.56. The minimum atomic E-state index is 0.779. The van der Waals surface area contributed by atoms with E-state index >= 15 is 0 Å². The maximum Gasteiger partial charge on any atom is 0.0218 e. The smallest absolute Gasteiger partial charge is 0.0218 e. The Labute approximate surface area is 113 Å². The van der Waals surface area contributed by atoms with Gasteiger partial charge in [0.15, 0.2) is 0 Å². The lowest BCUT2D eigenvalue weighted by molar-refractivity contribution is 0.0923. The van der Waals surface area contributed by atoms with Gasteiger partial charge in [0, 0.05) is 31.7 Å². The summed E-state index contributed by atoms with van der Waals surface area (Å²) in [5.74, 6) is 0. The molecular weight excluding hydrogens is 222 g/mol. The number of nitrogens with one attached hydrogen (secondary N) is 1. The third-order valence-corrected chi connectivity index (χ3v) is 4.77. The van der Waals surface area contributed by atoms with Crippen molar-refractivity contribution in [1.29, 1.82) is 0 Å². The van der Waals surface area contributed by atoms with E-state index in [9.17, 15) is 0 Å². The largest absolute Gasteiger partial charge is 0.314 e. The summed E-state index contributed by atoms with van der Waals surface area (Å²) in [6.07, 6.45) is 8.30. The van der Waals surface area contributed by atoms with Crippen molar-refractivity contribution in [3.63, 3.8) is 0 Å². The van der Waals surface area contributed by atoms with E-state index in [1.165, 1.54) is 71.2 Å². The van der Waals surface area contributed by atoms with Gasteiger partial charge in [-0.2, -0.15) is 0 Å². The van der Waals surface area contributed by atoms with Gasteiger partial charge in [-0.15, -0.1) is 0 Å². The van der Waals surface area contributed by atoms with E-state index in [2.05, 4.69) is 29.1 Å². The van der Waals surface area contributed by atoms with Crippen LogP contribution in [-0.2, 0) is 0 Å². The Hall–Kier alpha value is -0.120. The number of rotatable bonds is 6. The fourth-order valence-corrected chi connectivity index (χ4v) is 3.39. The monoisotopic (exact) mass is 253 g/mol. The molecule has 0 amide bonds. The molecule has 0 aromatic rings. The quantitative estimate of drug-likeness (QED) is 0.730. The lowest BCUT2D eigenvalue weighted by Crippen LogP contribution is -2.51. The molecule has 1 atom stereocenters. The molecule has 0 radical (unpaired) electrons. The molecule has 1 aliphatic heterocycles. The third kappa shape index (κ3) is 4.22. The standard InChI is InChI=1S/C15H31N3/c1-3-15-13-18(12-11-17(15)2)10-6-9-16-14-7-4-5-8-14/h14-16H,3-13H2,1-2H3. The van der Waals surface area contributed by atoms with E-state index < -0.39 is 0 Å². The summed E-state index contributed by atoms with van der Waals surface area (Å²) in [7, 11) is 2.27. The summed E-state index contributed by atoms with van der Waals surface area (Å²) >= 11 is 0. The van der Waals surface area contributed by atoms with E-state index in [4.69, 9.17) is 0 Å². The van der Waals surface area contributed by atoms with Gasteiger partial charge in [-0.25, -0.2) is 0 Å². The molecule has 0 bridgehead atoms. The summed E-state index contributed by atoms with van der Waals surface area (Å²) < 4.78 is 0. The van der Waals surface area contributed by atoms with E-state index in [1.807, 2.05) is 0 Å². The van der Waals surface area contributed by atoms with Gasteiger partial charge in [0.25, 0.3) is 0 Å². The van der Waals surface area contributed by atoms with E-state index in [0.29, 0.717) is 0 Å². The van der Waals surface area contributed by atoms with Crippen LogP contribution in [0.5, 0.6) is 0 Å². The molecule has 1 N–H and O–H groups in total. The SMILES string of the molecule is CCC1CN(CCCNC2CCCC2)CCN1C. The van der Waals surface area contributed by atoms with Crippen molar-refractivity contribution in [2.24, 2.45) is 0 Å². The van der Waals surface area contributed by atoms with Gasteiger partial charge in [-0.3, -0.25) is 0 Å². The van der Waals surface area contributed by atoms with Crippen molar-refractivity contribution >= 4 is 0 Å². The van der Waals surface area contributed by atoms with Gasteiger partial charge in [0.05, 0.1) is 0 Å². The van der Waals surface area contributed by atoms with Crippen molar-refractivity contribution < 1.29 is 0 Å². The Kier molecular flexibility index (Phi) is 5.93. The molecule has 0 spiro atoms. The van der Waals surface area contributed by atoms with Gasteiger partial charge < -0.3 is 15.1 Å². The van der Waals surface area contributed by atoms with Crippen LogP contribution >= 0.6 is 0 Å². The van der Waals surface area contributed by atoms with Crippen molar-refractivity contribution in [3.05, 3.63) is 0 Å². The second-order valence-corrected chi connectivity index (χ2v) is 6.13. The lowest BCUT2D eigenvalue weighted by atomic mass is 10.1. The van der Waals surface area contributed by atoms with Crippen molar-refractivity contribution in [2.45, 2.75) is 57.5 Å². The van der Waals surface area contributed by atoms with Crippen LogP contribution in [0.1, 0.15) is 45.4 Å². The van der Waals surface area contributed by atoms with Crippen LogP contribution in [0.2, 0.25) is 0 Å². The molecule has 3 heteroatoms. The highest BCUT2D eigenvalue weighted by atomic mass is 15.3. The van der Waals surface area contributed by atoms with Crippen LogP contribution in [0.15, 0.2) is 0 Å². The minimum Gasteiger partial charge on any atom is -0.314 e. The lowest BCUT2D eigenvalue weighted by Gasteiger charge is -2.39. The minimum absolute atomic E-state index is 0.779. The first kappa shape index (κ1) is 14.3. The topological polar surface area (TPSA) is 18.5 Å². The molecular formula is C15H31N3. The van der Waals surface area contributed by atoms with Gasteiger partial charge in [-0.1, -0.05) is 19.8 Å². The molecule has 2 aliphatic rings. The predicted octanol–water partition coefficient (Wildman–Crippen LogP) is 1.93. The molecule has 1 saturated carbocycles. The Morgan fingerprint density at radius 3 is 2.67 bits per heavy atom. The maximum atomic E-state index is 3.72. The molecule has 0 aromatic heterocycles. The first-order chi connectivity index (χ1) is 8.79. The van der Waals surface area contributed by atoms with Crippen LogP contribution < -0.4 is 5.32 Å². The average molecular weight is 253 g/mol. The molecule has 2 rings (SSSR count). The molecule has 18 heavy (non-hydrogen) atoms. The molecule has 1 saturated heterocycles. The summed E-state index contributed by atoms with van der Waals surface area (Å²) in [6.45, 7) is 8.59. The fourth-order valence-electron chi connectivity index (χ4n) is 3.39. The van der Waals surface area contributed by atoms with Gasteiger partial charge in [-0.05, 0) is 45.8 Å². The molecule has 1 unspecified atom stereocenters. The first-order valence-electron chi connectivity index (χ1n) is 7.95. The van der Waals surface area contributed by atoms with Crippen LogP contribution in [0, 0.1) is 0 Å². The number of hydrogen-bond donors (Lipinski definition) is 1. The highest BCUT2D eigenvalue weighted by molar-refractivity contribution is 4.79. The molecule has 1 aliphatic carbocycles. The number of piperazine rings is 1. The molecule has 106 valence electrons. The number of nitrogens with zero attached hydrogens (tertiary/aromatic N) is 2. The summed E-state index contributed by atoms with van der Waals surface area (Å²) in [4.78, 5) is 5.18. The third-order valence-electron chi connectivity index (χ3n) is 4.77. The summed E-state index contributed by atoms with van der Waals surface area (Å²) in [5.41, 5.74) is 0. The van der Waals surface area contributed by atoms with Crippen molar-refractivity contribution in [1.82, 2.24) is 15.1 Å². The van der Waals surface area contributed by atoms with Gasteiger partial charge in [0.2, 0.25) is 0 Å². The number of likely N-dealkylation sites (N-methyl/N-ethyl adjacent to an activating group) is 1. The first-order valence-corrected chi connectivity index (χ1v) is 7.95. The highest BCUT2D eigenvalue weighted by Crippen LogP contribution is 2.17. The summed E-state index contributed by atoms with van der Waals surface area (Å²) in [5, 5.41) is 3.72. The Morgan fingerprint density at radius 1 is 1.17 bits per heavy atom. The van der Waals surface area contributed by atoms with E-state index in [0.717, 1.165) is 12.1 Å². The fraction of sp³-hybridized carbons (Fsp3) is 1.00. The summed E-state index contributed by atoms with van der Waals surface area (Å²) in [6, 6.07) is 1.61. The molecule has 3 nitrogen and oxygen atoms in total. The average Bonchev–Trinajstić information content (AvgIpc) is 2.89. The second-order valence-electron chi connectivity index (χ2n) is 6.13. The Bertz CT molecular complexity index is 226. The zero-order chi connectivity index (χ0) is 12.8.